The fourth-order valence-electron chi connectivity index (χ4n) is 1.53. The summed E-state index contributed by atoms with van der Waals surface area (Å²) in [5.41, 5.74) is 0.524. The quantitative estimate of drug-likeness (QED) is 0.833. The summed E-state index contributed by atoms with van der Waals surface area (Å²) in [4.78, 5) is 12.8. The molecule has 0 fully saturated rings. The van der Waals surface area contributed by atoms with E-state index in [2.05, 4.69) is 5.10 Å². The van der Waals surface area contributed by atoms with Crippen LogP contribution in [0.5, 0.6) is 0 Å². The first-order valence-electron chi connectivity index (χ1n) is 5.32. The Bertz CT molecular complexity index is 608. The summed E-state index contributed by atoms with van der Waals surface area (Å²) in [6.45, 7) is 2.50. The average Bonchev–Trinajstić information content (AvgIpc) is 2.85. The maximum atomic E-state index is 11.8. The molecule has 0 spiro atoms. The van der Waals surface area contributed by atoms with E-state index in [0.29, 0.717) is 12.2 Å². The van der Waals surface area contributed by atoms with Crippen molar-refractivity contribution in [3.63, 3.8) is 0 Å². The molecule has 0 amide bonds. The second-order valence-corrected chi connectivity index (χ2v) is 4.51. The molecular formula is C12H11N3OS. The van der Waals surface area contributed by atoms with Crippen LogP contribution in [-0.4, -0.2) is 9.78 Å². The van der Waals surface area contributed by atoms with Crippen molar-refractivity contribution in [2.24, 2.45) is 0 Å². The third kappa shape index (κ3) is 2.27. The van der Waals surface area contributed by atoms with Gasteiger partial charge in [0.1, 0.15) is 17.3 Å². The van der Waals surface area contributed by atoms with Gasteiger partial charge in [-0.05, 0) is 23.9 Å². The van der Waals surface area contributed by atoms with Crippen LogP contribution in [0, 0.1) is 11.3 Å². The lowest BCUT2D eigenvalue weighted by Crippen LogP contribution is -2.25. The molecule has 0 saturated carbocycles. The lowest BCUT2D eigenvalue weighted by atomic mass is 10.2. The van der Waals surface area contributed by atoms with Crippen molar-refractivity contribution in [3.05, 3.63) is 39.5 Å². The highest BCUT2D eigenvalue weighted by atomic mass is 32.1. The van der Waals surface area contributed by atoms with Crippen molar-refractivity contribution < 1.29 is 0 Å². The van der Waals surface area contributed by atoms with E-state index in [1.807, 2.05) is 30.5 Å². The molecule has 17 heavy (non-hydrogen) atoms. The Kier molecular flexibility index (Phi) is 3.35. The maximum Gasteiger partial charge on any atom is 0.284 e. The largest absolute Gasteiger partial charge is 0.284 e. The zero-order valence-electron chi connectivity index (χ0n) is 9.38. The van der Waals surface area contributed by atoms with Gasteiger partial charge in [0, 0.05) is 6.54 Å². The van der Waals surface area contributed by atoms with E-state index in [4.69, 9.17) is 5.26 Å². The monoisotopic (exact) mass is 245 g/mol. The van der Waals surface area contributed by atoms with Crippen molar-refractivity contribution >= 4 is 11.3 Å². The van der Waals surface area contributed by atoms with Crippen LogP contribution < -0.4 is 5.56 Å². The van der Waals surface area contributed by atoms with Crippen LogP contribution in [0.15, 0.2) is 28.4 Å². The third-order valence-electron chi connectivity index (χ3n) is 2.30. The van der Waals surface area contributed by atoms with E-state index < -0.39 is 0 Å². The molecule has 0 N–H and O–H groups in total. The van der Waals surface area contributed by atoms with Crippen LogP contribution >= 0.6 is 11.3 Å². The number of hydrogen-bond donors (Lipinski definition) is 0. The van der Waals surface area contributed by atoms with Crippen molar-refractivity contribution in [1.29, 1.82) is 5.26 Å². The van der Waals surface area contributed by atoms with E-state index in [-0.39, 0.29) is 11.1 Å². The fourth-order valence-corrected chi connectivity index (χ4v) is 2.21. The summed E-state index contributed by atoms with van der Waals surface area (Å²) >= 11 is 1.54. The van der Waals surface area contributed by atoms with Gasteiger partial charge < -0.3 is 0 Å². The molecule has 2 aromatic heterocycles. The van der Waals surface area contributed by atoms with E-state index in [1.54, 1.807) is 17.4 Å². The van der Waals surface area contributed by atoms with Crippen LogP contribution in [0.1, 0.15) is 18.9 Å². The Hall–Kier alpha value is -1.93. The van der Waals surface area contributed by atoms with Crippen molar-refractivity contribution in [1.82, 2.24) is 9.78 Å². The predicted octanol–water partition coefficient (Wildman–Crippen LogP) is 2.25. The van der Waals surface area contributed by atoms with Gasteiger partial charge in [-0.2, -0.15) is 10.4 Å². The Balaban J connectivity index is 2.60. The lowest BCUT2D eigenvalue weighted by Gasteiger charge is -2.05. The highest BCUT2D eigenvalue weighted by molar-refractivity contribution is 7.13. The first-order valence-corrected chi connectivity index (χ1v) is 6.20. The van der Waals surface area contributed by atoms with Crippen LogP contribution in [0.4, 0.5) is 0 Å². The molecule has 0 aliphatic rings. The van der Waals surface area contributed by atoms with Crippen molar-refractivity contribution in [3.8, 4) is 16.6 Å². The molecule has 0 aromatic carbocycles. The van der Waals surface area contributed by atoms with Crippen LogP contribution in [-0.2, 0) is 6.54 Å². The first kappa shape index (κ1) is 11.6. The normalized spacial score (nSPS) is 10.1. The third-order valence-corrected chi connectivity index (χ3v) is 3.20. The SMILES string of the molecule is CCCn1nc(-c2cccs2)cc(C#N)c1=O. The number of hydrogen-bond acceptors (Lipinski definition) is 4. The van der Waals surface area contributed by atoms with E-state index >= 15 is 0 Å². The minimum Gasteiger partial charge on any atom is -0.266 e. The summed E-state index contributed by atoms with van der Waals surface area (Å²) in [6, 6.07) is 7.33. The highest BCUT2D eigenvalue weighted by Crippen LogP contribution is 2.21. The number of aryl methyl sites for hydroxylation is 1. The average molecular weight is 245 g/mol. The molecule has 0 aliphatic carbocycles. The first-order chi connectivity index (χ1) is 8.26. The van der Waals surface area contributed by atoms with Gasteiger partial charge in [0.2, 0.25) is 0 Å². The Morgan fingerprint density at radius 1 is 1.59 bits per heavy atom. The van der Waals surface area contributed by atoms with Gasteiger partial charge in [-0.3, -0.25) is 4.79 Å². The van der Waals surface area contributed by atoms with Crippen LogP contribution in [0.25, 0.3) is 10.6 Å². The van der Waals surface area contributed by atoms with Gasteiger partial charge in [-0.25, -0.2) is 4.68 Å². The molecule has 0 saturated heterocycles. The van der Waals surface area contributed by atoms with Crippen LogP contribution in [0.3, 0.4) is 0 Å². The van der Waals surface area contributed by atoms with Gasteiger partial charge in [-0.1, -0.05) is 13.0 Å². The summed E-state index contributed by atoms with van der Waals surface area (Å²) in [6.07, 6.45) is 0.811. The van der Waals surface area contributed by atoms with Gasteiger partial charge in [0.25, 0.3) is 5.56 Å². The predicted molar refractivity (Wildman–Crippen MR) is 66.8 cm³/mol. The lowest BCUT2D eigenvalue weighted by molar-refractivity contribution is 0.569. The Labute approximate surface area is 103 Å². The summed E-state index contributed by atoms with van der Waals surface area (Å²) in [5, 5.41) is 15.2. The van der Waals surface area contributed by atoms with Crippen molar-refractivity contribution in [2.75, 3.05) is 0 Å². The molecule has 5 heteroatoms. The molecule has 0 aliphatic heterocycles. The number of nitrogens with zero attached hydrogens (tertiary/aromatic N) is 3. The second kappa shape index (κ2) is 4.93. The molecule has 2 heterocycles. The molecule has 0 bridgehead atoms. The Morgan fingerprint density at radius 3 is 3.00 bits per heavy atom. The zero-order valence-corrected chi connectivity index (χ0v) is 10.2. The number of rotatable bonds is 3. The number of thiophene rings is 1. The molecule has 0 radical (unpaired) electrons. The Morgan fingerprint density at radius 2 is 2.41 bits per heavy atom. The molecule has 2 rings (SSSR count). The summed E-state index contributed by atoms with van der Waals surface area (Å²) < 4.78 is 1.37. The minimum atomic E-state index is -0.311. The smallest absolute Gasteiger partial charge is 0.266 e. The van der Waals surface area contributed by atoms with Gasteiger partial charge in [0.05, 0.1) is 4.88 Å². The topological polar surface area (TPSA) is 58.7 Å². The van der Waals surface area contributed by atoms with Crippen molar-refractivity contribution in [2.45, 2.75) is 19.9 Å². The molecular weight excluding hydrogens is 234 g/mol. The molecule has 0 atom stereocenters. The number of nitriles is 1. The molecule has 86 valence electrons. The summed E-state index contributed by atoms with van der Waals surface area (Å²) in [5.74, 6) is 0. The highest BCUT2D eigenvalue weighted by Gasteiger charge is 2.09. The molecule has 4 nitrogen and oxygen atoms in total. The van der Waals surface area contributed by atoms with Gasteiger partial charge >= 0.3 is 0 Å². The standard InChI is InChI=1S/C12H11N3OS/c1-2-5-15-12(16)9(8-13)7-10(14-15)11-4-3-6-17-11/h3-4,6-7H,2,5H2,1H3. The van der Waals surface area contributed by atoms with E-state index in [9.17, 15) is 4.79 Å². The van der Waals surface area contributed by atoms with Crippen LogP contribution in [0.2, 0.25) is 0 Å². The second-order valence-electron chi connectivity index (χ2n) is 3.56. The maximum absolute atomic E-state index is 11.8. The fraction of sp³-hybridized carbons (Fsp3) is 0.250. The van der Waals surface area contributed by atoms with E-state index in [1.165, 1.54) is 4.68 Å². The summed E-state index contributed by atoms with van der Waals surface area (Å²) in [7, 11) is 0. The van der Waals surface area contributed by atoms with Gasteiger partial charge in [0.15, 0.2) is 0 Å². The number of aromatic nitrogens is 2. The molecule has 0 unspecified atom stereocenters. The zero-order chi connectivity index (χ0) is 12.3. The minimum absolute atomic E-state index is 0.150. The van der Waals surface area contributed by atoms with Gasteiger partial charge in [-0.15, -0.1) is 11.3 Å². The molecule has 2 aromatic rings. The van der Waals surface area contributed by atoms with E-state index in [0.717, 1.165) is 11.3 Å².